The molecule has 0 unspecified atom stereocenters. The van der Waals surface area contributed by atoms with E-state index >= 15 is 0 Å². The van der Waals surface area contributed by atoms with Crippen LogP contribution < -0.4 is 0 Å². The number of hydrogen-bond donors (Lipinski definition) is 0. The van der Waals surface area contributed by atoms with Crippen molar-refractivity contribution in [3.8, 4) is 0 Å². The lowest BCUT2D eigenvalue weighted by atomic mass is 9.92. The molecule has 0 aliphatic carbocycles. The van der Waals surface area contributed by atoms with E-state index in [-0.39, 0.29) is 11.8 Å². The van der Waals surface area contributed by atoms with Gasteiger partial charge in [0.2, 0.25) is 11.8 Å². The van der Waals surface area contributed by atoms with Crippen LogP contribution in [0.3, 0.4) is 0 Å². The van der Waals surface area contributed by atoms with Crippen molar-refractivity contribution in [3.05, 3.63) is 0 Å². The number of nitrogens with zero attached hydrogens (tertiary/aromatic N) is 5. The highest BCUT2D eigenvalue weighted by molar-refractivity contribution is 5.79. The van der Waals surface area contributed by atoms with Crippen molar-refractivity contribution in [2.45, 2.75) is 45.6 Å². The fourth-order valence-corrected chi connectivity index (χ4v) is 5.04. The molecule has 0 radical (unpaired) electrons. The summed E-state index contributed by atoms with van der Waals surface area (Å²) in [6.45, 7) is 14.1. The van der Waals surface area contributed by atoms with E-state index < -0.39 is 0 Å². The lowest BCUT2D eigenvalue weighted by Gasteiger charge is -2.43. The fourth-order valence-electron chi connectivity index (χ4n) is 5.04. The van der Waals surface area contributed by atoms with Crippen LogP contribution in [0.25, 0.3) is 0 Å². The Kier molecular flexibility index (Phi) is 8.33. The topological polar surface area (TPSA) is 50.3 Å². The average molecular weight is 408 g/mol. The van der Waals surface area contributed by atoms with Gasteiger partial charge in [0.15, 0.2) is 0 Å². The number of piperazine rings is 1. The Morgan fingerprint density at radius 2 is 1.52 bits per heavy atom. The second kappa shape index (κ2) is 10.7. The summed E-state index contributed by atoms with van der Waals surface area (Å²) in [7, 11) is 2.13. The summed E-state index contributed by atoms with van der Waals surface area (Å²) in [6.07, 6.45) is 4.23. The molecule has 3 aliphatic heterocycles. The van der Waals surface area contributed by atoms with Gasteiger partial charge in [0, 0.05) is 51.9 Å². The second-order valence-corrected chi connectivity index (χ2v) is 9.04. The molecule has 0 N–H and O–H groups in total. The minimum absolute atomic E-state index is 0.162. The summed E-state index contributed by atoms with van der Waals surface area (Å²) in [5, 5.41) is 0. The van der Waals surface area contributed by atoms with Crippen molar-refractivity contribution in [3.63, 3.8) is 0 Å². The third-order valence-electron chi connectivity index (χ3n) is 7.20. The van der Waals surface area contributed by atoms with Gasteiger partial charge in [-0.25, -0.2) is 0 Å². The predicted molar refractivity (Wildman–Crippen MR) is 116 cm³/mol. The third-order valence-corrected chi connectivity index (χ3v) is 7.20. The van der Waals surface area contributed by atoms with Crippen molar-refractivity contribution in [2.75, 3.05) is 79.0 Å². The van der Waals surface area contributed by atoms with Crippen LogP contribution in [0.2, 0.25) is 0 Å². The Morgan fingerprint density at radius 1 is 0.862 bits per heavy atom. The number of hydrogen-bond acceptors (Lipinski definition) is 5. The highest BCUT2D eigenvalue weighted by atomic mass is 16.2. The van der Waals surface area contributed by atoms with E-state index in [1.165, 1.54) is 0 Å². The molecule has 1 atom stereocenters. The molecule has 7 heteroatoms. The zero-order valence-corrected chi connectivity index (χ0v) is 18.8. The molecule has 2 amide bonds. The molecule has 3 rings (SSSR count). The molecule has 3 aliphatic rings. The van der Waals surface area contributed by atoms with Gasteiger partial charge in [-0.2, -0.15) is 0 Å². The van der Waals surface area contributed by atoms with Crippen LogP contribution in [-0.2, 0) is 9.59 Å². The second-order valence-electron chi connectivity index (χ2n) is 9.04. The minimum Gasteiger partial charge on any atom is -0.341 e. The molecule has 3 heterocycles. The van der Waals surface area contributed by atoms with Gasteiger partial charge in [-0.15, -0.1) is 0 Å². The Labute approximate surface area is 177 Å². The number of carbonyl (C=O) groups excluding carboxylic acids is 2. The number of likely N-dealkylation sites (tertiary alicyclic amines) is 2. The van der Waals surface area contributed by atoms with E-state index in [1.807, 2.05) is 4.90 Å². The van der Waals surface area contributed by atoms with Gasteiger partial charge in [0.1, 0.15) is 0 Å². The molecule has 0 bridgehead atoms. The third kappa shape index (κ3) is 5.92. The fraction of sp³-hybridized carbons (Fsp3) is 0.909. The van der Waals surface area contributed by atoms with Gasteiger partial charge >= 0.3 is 0 Å². The molecule has 0 spiro atoms. The minimum atomic E-state index is 0.162. The standard InChI is InChI=1S/C22H41N5O2/c1-4-24(5-2)18-21(28)25-11-8-20(9-12-25)27-10-6-7-19(17-27)22(29)26-15-13-23(3)14-16-26/h19-20H,4-18H2,1-3H3/t19-/m1/s1. The summed E-state index contributed by atoms with van der Waals surface area (Å²) < 4.78 is 0. The van der Waals surface area contributed by atoms with Crippen LogP contribution in [0.1, 0.15) is 39.5 Å². The number of carbonyl (C=O) groups is 2. The largest absolute Gasteiger partial charge is 0.341 e. The van der Waals surface area contributed by atoms with Gasteiger partial charge in [0.25, 0.3) is 0 Å². The Bertz CT molecular complexity index is 537. The van der Waals surface area contributed by atoms with Crippen molar-refractivity contribution in [1.82, 2.24) is 24.5 Å². The highest BCUT2D eigenvalue weighted by Gasteiger charge is 2.34. The Balaban J connectivity index is 1.45. The van der Waals surface area contributed by atoms with Gasteiger partial charge in [-0.1, -0.05) is 13.8 Å². The molecule has 3 fully saturated rings. The van der Waals surface area contributed by atoms with Crippen molar-refractivity contribution >= 4 is 11.8 Å². The first-order valence-corrected chi connectivity index (χ1v) is 11.7. The summed E-state index contributed by atoms with van der Waals surface area (Å²) in [4.78, 5) is 36.7. The van der Waals surface area contributed by atoms with E-state index in [9.17, 15) is 9.59 Å². The van der Waals surface area contributed by atoms with Crippen molar-refractivity contribution < 1.29 is 9.59 Å². The van der Waals surface area contributed by atoms with E-state index in [2.05, 4.69) is 40.5 Å². The number of piperidine rings is 2. The van der Waals surface area contributed by atoms with Crippen LogP contribution in [0.5, 0.6) is 0 Å². The molecule has 7 nitrogen and oxygen atoms in total. The number of rotatable bonds is 6. The first kappa shape index (κ1) is 22.5. The van der Waals surface area contributed by atoms with Crippen molar-refractivity contribution in [2.24, 2.45) is 5.92 Å². The van der Waals surface area contributed by atoms with Gasteiger partial charge in [0.05, 0.1) is 12.5 Å². The SMILES string of the molecule is CCN(CC)CC(=O)N1CCC(N2CCC[C@@H](C(=O)N3CCN(C)CC3)C2)CC1. The van der Waals surface area contributed by atoms with Crippen LogP contribution in [0.15, 0.2) is 0 Å². The summed E-state index contributed by atoms with van der Waals surface area (Å²) in [5.74, 6) is 0.804. The molecule has 0 aromatic heterocycles. The normalized spacial score (nSPS) is 25.6. The quantitative estimate of drug-likeness (QED) is 0.652. The van der Waals surface area contributed by atoms with E-state index in [4.69, 9.17) is 0 Å². The van der Waals surface area contributed by atoms with Gasteiger partial charge in [-0.3, -0.25) is 19.4 Å². The van der Waals surface area contributed by atoms with Crippen LogP contribution in [-0.4, -0.2) is 121 Å². The molecule has 0 saturated carbocycles. The zero-order valence-electron chi connectivity index (χ0n) is 18.8. The first-order chi connectivity index (χ1) is 14.0. The van der Waals surface area contributed by atoms with Crippen LogP contribution >= 0.6 is 0 Å². The number of amides is 2. The predicted octanol–water partition coefficient (Wildman–Crippen LogP) is 0.805. The Hall–Kier alpha value is -1.18. The number of likely N-dealkylation sites (N-methyl/N-ethyl adjacent to an activating group) is 2. The lowest BCUT2D eigenvalue weighted by Crippen LogP contribution is -2.54. The molecular weight excluding hydrogens is 366 g/mol. The van der Waals surface area contributed by atoms with E-state index in [0.717, 1.165) is 91.1 Å². The summed E-state index contributed by atoms with van der Waals surface area (Å²) in [6, 6.07) is 0.524. The molecule has 3 saturated heterocycles. The highest BCUT2D eigenvalue weighted by Crippen LogP contribution is 2.25. The van der Waals surface area contributed by atoms with E-state index in [0.29, 0.717) is 18.5 Å². The van der Waals surface area contributed by atoms with Crippen LogP contribution in [0.4, 0.5) is 0 Å². The summed E-state index contributed by atoms with van der Waals surface area (Å²) in [5.41, 5.74) is 0. The van der Waals surface area contributed by atoms with E-state index in [1.54, 1.807) is 0 Å². The maximum absolute atomic E-state index is 13.0. The van der Waals surface area contributed by atoms with Gasteiger partial charge < -0.3 is 14.7 Å². The molecule has 0 aromatic carbocycles. The zero-order chi connectivity index (χ0) is 20.8. The monoisotopic (exact) mass is 407 g/mol. The molecule has 0 aromatic rings. The maximum atomic E-state index is 13.0. The van der Waals surface area contributed by atoms with Crippen molar-refractivity contribution in [1.29, 1.82) is 0 Å². The molecule has 29 heavy (non-hydrogen) atoms. The first-order valence-electron chi connectivity index (χ1n) is 11.7. The smallest absolute Gasteiger partial charge is 0.236 e. The maximum Gasteiger partial charge on any atom is 0.236 e. The molecule has 166 valence electrons. The van der Waals surface area contributed by atoms with Gasteiger partial charge in [-0.05, 0) is 52.4 Å². The summed E-state index contributed by atoms with van der Waals surface area (Å²) >= 11 is 0. The Morgan fingerprint density at radius 3 is 2.14 bits per heavy atom. The van der Waals surface area contributed by atoms with Crippen LogP contribution in [0, 0.1) is 5.92 Å². The molecular formula is C22H41N5O2. The average Bonchev–Trinajstić information content (AvgIpc) is 2.77. The lowest BCUT2D eigenvalue weighted by molar-refractivity contribution is -0.139.